The second-order valence-corrected chi connectivity index (χ2v) is 6.08. The highest BCUT2D eigenvalue weighted by molar-refractivity contribution is 4.84. The van der Waals surface area contributed by atoms with Crippen LogP contribution in [0, 0.1) is 11.3 Å². The lowest BCUT2D eigenvalue weighted by atomic mass is 9.87. The molecule has 1 fully saturated rings. The van der Waals surface area contributed by atoms with Crippen molar-refractivity contribution >= 4 is 0 Å². The first-order valence-electron chi connectivity index (χ1n) is 6.93. The lowest BCUT2D eigenvalue weighted by molar-refractivity contribution is 0.226. The van der Waals surface area contributed by atoms with Crippen LogP contribution in [-0.2, 0) is 0 Å². The van der Waals surface area contributed by atoms with Gasteiger partial charge in [-0.15, -0.1) is 0 Å². The lowest BCUT2D eigenvalue weighted by Crippen LogP contribution is -2.39. The van der Waals surface area contributed by atoms with Crippen LogP contribution in [0.1, 0.15) is 59.3 Å². The highest BCUT2D eigenvalue weighted by Gasteiger charge is 2.27. The summed E-state index contributed by atoms with van der Waals surface area (Å²) in [4.78, 5) is 0. The third-order valence-electron chi connectivity index (χ3n) is 4.04. The average molecular weight is 227 g/mol. The van der Waals surface area contributed by atoms with Crippen molar-refractivity contribution in [1.29, 1.82) is 0 Å². The maximum atomic E-state index is 8.87. The van der Waals surface area contributed by atoms with Crippen LogP contribution in [0.3, 0.4) is 0 Å². The van der Waals surface area contributed by atoms with Crippen LogP contribution in [0.25, 0.3) is 0 Å². The molecular formula is C14H29NO. The van der Waals surface area contributed by atoms with Crippen molar-refractivity contribution in [2.45, 2.75) is 65.3 Å². The van der Waals surface area contributed by atoms with E-state index in [-0.39, 0.29) is 0 Å². The van der Waals surface area contributed by atoms with E-state index < -0.39 is 0 Å². The molecule has 96 valence electrons. The maximum absolute atomic E-state index is 8.87. The first-order valence-corrected chi connectivity index (χ1v) is 6.93. The first kappa shape index (κ1) is 14.0. The number of hydrogen-bond donors (Lipinski definition) is 2. The average Bonchev–Trinajstić information content (AvgIpc) is 2.71. The zero-order chi connectivity index (χ0) is 12.0. The van der Waals surface area contributed by atoms with Crippen molar-refractivity contribution in [3.63, 3.8) is 0 Å². The van der Waals surface area contributed by atoms with Crippen LogP contribution in [0.4, 0.5) is 0 Å². The minimum Gasteiger partial charge on any atom is -0.396 e. The Morgan fingerprint density at radius 3 is 2.69 bits per heavy atom. The van der Waals surface area contributed by atoms with E-state index in [0.717, 1.165) is 31.3 Å². The molecule has 2 N–H and O–H groups in total. The highest BCUT2D eigenvalue weighted by atomic mass is 16.2. The Balaban J connectivity index is 2.27. The topological polar surface area (TPSA) is 32.3 Å². The smallest absolute Gasteiger partial charge is 0.0431 e. The summed E-state index contributed by atoms with van der Waals surface area (Å²) in [5, 5.41) is 12.6. The standard InChI is InChI=1S/C14H29NO/c1-4-12-7-5-8-13(12)15-11-14(2,3)9-6-10-16/h12-13,15-16H,4-11H2,1-3H3. The van der Waals surface area contributed by atoms with Crippen molar-refractivity contribution < 1.29 is 5.11 Å². The van der Waals surface area contributed by atoms with E-state index in [9.17, 15) is 0 Å². The highest BCUT2D eigenvalue weighted by Crippen LogP contribution is 2.29. The summed E-state index contributed by atoms with van der Waals surface area (Å²) in [6, 6.07) is 0.749. The molecule has 16 heavy (non-hydrogen) atoms. The fourth-order valence-electron chi connectivity index (χ4n) is 2.85. The summed E-state index contributed by atoms with van der Waals surface area (Å²) in [6.07, 6.45) is 7.51. The quantitative estimate of drug-likeness (QED) is 0.701. The monoisotopic (exact) mass is 227 g/mol. The summed E-state index contributed by atoms with van der Waals surface area (Å²) < 4.78 is 0. The molecule has 1 aliphatic carbocycles. The van der Waals surface area contributed by atoms with E-state index in [2.05, 4.69) is 26.1 Å². The molecule has 0 heterocycles. The molecule has 1 aliphatic rings. The molecule has 2 heteroatoms. The van der Waals surface area contributed by atoms with Gasteiger partial charge in [0.2, 0.25) is 0 Å². The van der Waals surface area contributed by atoms with Crippen molar-refractivity contribution in [2.24, 2.45) is 11.3 Å². The van der Waals surface area contributed by atoms with E-state index in [1.54, 1.807) is 0 Å². The summed E-state index contributed by atoms with van der Waals surface area (Å²) in [6.45, 7) is 8.32. The molecule has 2 atom stereocenters. The van der Waals surface area contributed by atoms with Crippen LogP contribution in [0.5, 0.6) is 0 Å². The number of hydrogen-bond acceptors (Lipinski definition) is 2. The van der Waals surface area contributed by atoms with E-state index >= 15 is 0 Å². The SMILES string of the molecule is CCC1CCCC1NCC(C)(C)CCCO. The van der Waals surface area contributed by atoms with Crippen LogP contribution in [0.2, 0.25) is 0 Å². The largest absolute Gasteiger partial charge is 0.396 e. The molecule has 0 aromatic carbocycles. The number of aliphatic hydroxyl groups excluding tert-OH is 1. The number of aliphatic hydroxyl groups is 1. The third-order valence-corrected chi connectivity index (χ3v) is 4.04. The summed E-state index contributed by atoms with van der Waals surface area (Å²) >= 11 is 0. The molecule has 0 saturated heterocycles. The minimum atomic E-state index is 0.323. The maximum Gasteiger partial charge on any atom is 0.0431 e. The number of rotatable bonds is 7. The van der Waals surface area contributed by atoms with Gasteiger partial charge in [0.1, 0.15) is 0 Å². The molecule has 2 unspecified atom stereocenters. The van der Waals surface area contributed by atoms with Gasteiger partial charge in [-0.1, -0.05) is 33.6 Å². The van der Waals surface area contributed by atoms with Crippen molar-refractivity contribution in [3.8, 4) is 0 Å². The minimum absolute atomic E-state index is 0.323. The van der Waals surface area contributed by atoms with Crippen molar-refractivity contribution in [2.75, 3.05) is 13.2 Å². The van der Waals surface area contributed by atoms with E-state index in [4.69, 9.17) is 5.11 Å². The zero-order valence-corrected chi connectivity index (χ0v) is 11.3. The number of nitrogens with one attached hydrogen (secondary N) is 1. The fraction of sp³-hybridized carbons (Fsp3) is 1.00. The zero-order valence-electron chi connectivity index (χ0n) is 11.3. The lowest BCUT2D eigenvalue weighted by Gasteiger charge is -2.29. The van der Waals surface area contributed by atoms with Gasteiger partial charge in [0, 0.05) is 19.2 Å². The molecular weight excluding hydrogens is 198 g/mol. The molecule has 0 aliphatic heterocycles. The Kier molecular flexibility index (Phi) is 5.77. The van der Waals surface area contributed by atoms with E-state index in [0.29, 0.717) is 12.0 Å². The molecule has 0 aromatic heterocycles. The summed E-state index contributed by atoms with van der Waals surface area (Å²) in [7, 11) is 0. The second-order valence-electron chi connectivity index (χ2n) is 6.08. The molecule has 1 saturated carbocycles. The van der Waals surface area contributed by atoms with Crippen LogP contribution in [-0.4, -0.2) is 24.3 Å². The molecule has 0 amide bonds. The van der Waals surface area contributed by atoms with Crippen LogP contribution < -0.4 is 5.32 Å². The van der Waals surface area contributed by atoms with Gasteiger partial charge in [-0.3, -0.25) is 0 Å². The third kappa shape index (κ3) is 4.42. The van der Waals surface area contributed by atoms with Crippen molar-refractivity contribution in [3.05, 3.63) is 0 Å². The molecule has 2 nitrogen and oxygen atoms in total. The van der Waals surface area contributed by atoms with Gasteiger partial charge in [-0.05, 0) is 37.0 Å². The van der Waals surface area contributed by atoms with Gasteiger partial charge in [0.05, 0.1) is 0 Å². The Morgan fingerprint density at radius 1 is 1.31 bits per heavy atom. The molecule has 0 bridgehead atoms. The summed E-state index contributed by atoms with van der Waals surface area (Å²) in [5.74, 6) is 0.897. The van der Waals surface area contributed by atoms with E-state index in [1.165, 1.54) is 25.7 Å². The van der Waals surface area contributed by atoms with Gasteiger partial charge in [-0.2, -0.15) is 0 Å². The van der Waals surface area contributed by atoms with E-state index in [1.807, 2.05) is 0 Å². The normalized spacial score (nSPS) is 26.2. The van der Waals surface area contributed by atoms with Gasteiger partial charge in [-0.25, -0.2) is 0 Å². The van der Waals surface area contributed by atoms with Crippen LogP contribution in [0.15, 0.2) is 0 Å². The Bertz CT molecular complexity index is 191. The molecule has 0 radical (unpaired) electrons. The van der Waals surface area contributed by atoms with Gasteiger partial charge in [0.25, 0.3) is 0 Å². The van der Waals surface area contributed by atoms with Crippen molar-refractivity contribution in [1.82, 2.24) is 5.32 Å². The second kappa shape index (κ2) is 6.61. The Morgan fingerprint density at radius 2 is 2.06 bits per heavy atom. The molecule has 0 aromatic rings. The van der Waals surface area contributed by atoms with Gasteiger partial charge < -0.3 is 10.4 Å². The predicted molar refractivity (Wildman–Crippen MR) is 69.5 cm³/mol. The fourth-order valence-corrected chi connectivity index (χ4v) is 2.85. The van der Waals surface area contributed by atoms with Crippen LogP contribution >= 0.6 is 0 Å². The predicted octanol–water partition coefficient (Wildman–Crippen LogP) is 2.95. The Labute approximate surface area is 101 Å². The van der Waals surface area contributed by atoms with Gasteiger partial charge in [0.15, 0.2) is 0 Å². The first-order chi connectivity index (χ1) is 7.59. The molecule has 0 spiro atoms. The van der Waals surface area contributed by atoms with Gasteiger partial charge >= 0.3 is 0 Å². The Hall–Kier alpha value is -0.0800. The summed E-state index contributed by atoms with van der Waals surface area (Å²) in [5.41, 5.74) is 0.323. The molecule has 1 rings (SSSR count).